The molecule has 3 aromatic heterocycles. The quantitative estimate of drug-likeness (QED) is 0.593. The van der Waals surface area contributed by atoms with Gasteiger partial charge in [0, 0.05) is 32.6 Å². The first-order valence-electron chi connectivity index (χ1n) is 10.6. The molecule has 3 aromatic rings. The Balaban J connectivity index is 1.23. The lowest BCUT2D eigenvalue weighted by Gasteiger charge is -2.34. The van der Waals surface area contributed by atoms with Gasteiger partial charge in [0.05, 0.1) is 23.4 Å². The molecule has 2 amide bonds. The van der Waals surface area contributed by atoms with Gasteiger partial charge in [-0.25, -0.2) is 5.01 Å². The summed E-state index contributed by atoms with van der Waals surface area (Å²) in [7, 11) is 0. The predicted octanol–water partition coefficient (Wildman–Crippen LogP) is 3.38. The Labute approximate surface area is 189 Å². The van der Waals surface area contributed by atoms with Gasteiger partial charge >= 0.3 is 0 Å². The zero-order valence-electron chi connectivity index (χ0n) is 17.8. The Morgan fingerprint density at radius 2 is 1.97 bits per heavy atom. The first-order valence-corrected chi connectivity index (χ1v) is 11.5. The second-order valence-electron chi connectivity index (χ2n) is 7.98. The van der Waals surface area contributed by atoms with E-state index in [1.54, 1.807) is 39.6 Å². The molecule has 0 N–H and O–H groups in total. The Morgan fingerprint density at radius 1 is 1.12 bits per heavy atom. The minimum absolute atomic E-state index is 0.0700. The summed E-state index contributed by atoms with van der Waals surface area (Å²) in [6, 6.07) is 11.0. The SMILES string of the molecule is Cc1ccc(C(=O)N2CCN(CC(=O)N3N=C(c4cccs4)CC3c3ccco3)CC2)o1. The molecular formula is C23H24N4O4S. The summed E-state index contributed by atoms with van der Waals surface area (Å²) in [6.45, 7) is 4.42. The van der Waals surface area contributed by atoms with Gasteiger partial charge < -0.3 is 13.7 Å². The first kappa shape index (κ1) is 20.7. The maximum Gasteiger partial charge on any atom is 0.289 e. The third-order valence-corrected chi connectivity index (χ3v) is 6.73. The van der Waals surface area contributed by atoms with E-state index in [9.17, 15) is 9.59 Å². The Morgan fingerprint density at radius 3 is 2.62 bits per heavy atom. The molecule has 32 heavy (non-hydrogen) atoms. The van der Waals surface area contributed by atoms with Crippen molar-refractivity contribution in [2.75, 3.05) is 32.7 Å². The standard InChI is InChI=1S/C23H24N4O4S/c1-16-6-7-20(31-16)23(29)26-10-8-25(9-11-26)15-22(28)27-18(19-4-2-12-30-19)14-17(24-27)21-5-3-13-32-21/h2-7,12-13,18H,8-11,14-15H2,1H3. The maximum absolute atomic E-state index is 13.2. The van der Waals surface area contributed by atoms with Crippen LogP contribution in [0.3, 0.4) is 0 Å². The number of hydrogen-bond donors (Lipinski definition) is 0. The molecular weight excluding hydrogens is 428 g/mol. The van der Waals surface area contributed by atoms with Gasteiger partial charge in [-0.2, -0.15) is 5.10 Å². The summed E-state index contributed by atoms with van der Waals surface area (Å²) in [6.07, 6.45) is 2.25. The minimum atomic E-state index is -0.236. The van der Waals surface area contributed by atoms with Gasteiger partial charge in [-0.1, -0.05) is 6.07 Å². The lowest BCUT2D eigenvalue weighted by molar-refractivity contribution is -0.134. The summed E-state index contributed by atoms with van der Waals surface area (Å²) < 4.78 is 11.1. The van der Waals surface area contributed by atoms with Crippen molar-refractivity contribution in [3.8, 4) is 0 Å². The maximum atomic E-state index is 13.2. The molecule has 0 saturated carbocycles. The molecule has 9 heteroatoms. The summed E-state index contributed by atoms with van der Waals surface area (Å²) in [4.78, 5) is 30.7. The van der Waals surface area contributed by atoms with Crippen molar-refractivity contribution >= 4 is 28.9 Å². The van der Waals surface area contributed by atoms with E-state index < -0.39 is 0 Å². The molecule has 0 radical (unpaired) electrons. The van der Waals surface area contributed by atoms with Gasteiger partial charge in [0.15, 0.2) is 5.76 Å². The molecule has 166 valence electrons. The number of hydrazone groups is 1. The molecule has 0 aliphatic carbocycles. The zero-order chi connectivity index (χ0) is 22.1. The van der Waals surface area contributed by atoms with Crippen molar-refractivity contribution in [2.24, 2.45) is 5.10 Å². The third kappa shape index (κ3) is 4.13. The fourth-order valence-electron chi connectivity index (χ4n) is 4.11. The van der Waals surface area contributed by atoms with E-state index in [-0.39, 0.29) is 24.4 Å². The molecule has 1 unspecified atom stereocenters. The minimum Gasteiger partial charge on any atom is -0.467 e. The highest BCUT2D eigenvalue weighted by molar-refractivity contribution is 7.12. The number of aryl methyl sites for hydroxylation is 1. The van der Waals surface area contributed by atoms with Crippen LogP contribution in [0.25, 0.3) is 0 Å². The second-order valence-corrected chi connectivity index (χ2v) is 8.92. The molecule has 0 spiro atoms. The topological polar surface area (TPSA) is 82.5 Å². The van der Waals surface area contributed by atoms with Crippen molar-refractivity contribution in [1.82, 2.24) is 14.8 Å². The van der Waals surface area contributed by atoms with Crippen LogP contribution in [0.15, 0.2) is 62.0 Å². The summed E-state index contributed by atoms with van der Waals surface area (Å²) in [5.41, 5.74) is 0.902. The van der Waals surface area contributed by atoms with Crippen LogP contribution in [0, 0.1) is 6.92 Å². The smallest absolute Gasteiger partial charge is 0.289 e. The normalized spacial score (nSPS) is 19.4. The van der Waals surface area contributed by atoms with E-state index in [1.165, 1.54) is 0 Å². The number of carbonyl (C=O) groups is 2. The zero-order valence-corrected chi connectivity index (χ0v) is 18.6. The molecule has 1 atom stereocenters. The highest BCUT2D eigenvalue weighted by Gasteiger charge is 2.36. The van der Waals surface area contributed by atoms with Crippen LogP contribution in [0.4, 0.5) is 0 Å². The molecule has 1 fully saturated rings. The molecule has 1 saturated heterocycles. The summed E-state index contributed by atoms with van der Waals surface area (Å²) >= 11 is 1.62. The highest BCUT2D eigenvalue weighted by Crippen LogP contribution is 2.34. The van der Waals surface area contributed by atoms with E-state index in [0.717, 1.165) is 22.1 Å². The average molecular weight is 453 g/mol. The fraction of sp³-hybridized carbons (Fsp3) is 0.348. The van der Waals surface area contributed by atoms with Crippen LogP contribution >= 0.6 is 11.3 Å². The van der Waals surface area contributed by atoms with E-state index in [1.807, 2.05) is 36.6 Å². The highest BCUT2D eigenvalue weighted by atomic mass is 32.1. The van der Waals surface area contributed by atoms with Crippen molar-refractivity contribution in [3.63, 3.8) is 0 Å². The van der Waals surface area contributed by atoms with Crippen molar-refractivity contribution in [1.29, 1.82) is 0 Å². The van der Waals surface area contributed by atoms with E-state index in [2.05, 4.69) is 10.0 Å². The molecule has 5 rings (SSSR count). The lowest BCUT2D eigenvalue weighted by atomic mass is 10.1. The van der Waals surface area contributed by atoms with Crippen molar-refractivity contribution < 1.29 is 18.4 Å². The number of furan rings is 2. The van der Waals surface area contributed by atoms with E-state index in [0.29, 0.717) is 38.4 Å². The van der Waals surface area contributed by atoms with Crippen molar-refractivity contribution in [3.05, 3.63) is 70.2 Å². The number of carbonyl (C=O) groups excluding carboxylic acids is 2. The van der Waals surface area contributed by atoms with Crippen LogP contribution < -0.4 is 0 Å². The summed E-state index contributed by atoms with van der Waals surface area (Å²) in [5, 5.41) is 8.24. The number of hydrogen-bond acceptors (Lipinski definition) is 7. The Kier molecular flexibility index (Phi) is 5.67. The van der Waals surface area contributed by atoms with Gasteiger partial charge in [0.2, 0.25) is 0 Å². The lowest BCUT2D eigenvalue weighted by Crippen LogP contribution is -2.51. The average Bonchev–Trinajstić information content (AvgIpc) is 3.60. The monoisotopic (exact) mass is 452 g/mol. The van der Waals surface area contributed by atoms with Crippen molar-refractivity contribution in [2.45, 2.75) is 19.4 Å². The number of rotatable bonds is 5. The third-order valence-electron chi connectivity index (χ3n) is 5.81. The number of amides is 2. The fourth-order valence-corrected chi connectivity index (χ4v) is 4.83. The Bertz CT molecular complexity index is 1110. The van der Waals surface area contributed by atoms with Gasteiger partial charge in [0.1, 0.15) is 17.6 Å². The van der Waals surface area contributed by atoms with Gasteiger partial charge in [-0.15, -0.1) is 11.3 Å². The van der Waals surface area contributed by atoms with Gasteiger partial charge in [-0.05, 0) is 42.6 Å². The van der Waals surface area contributed by atoms with Gasteiger partial charge in [-0.3, -0.25) is 14.5 Å². The molecule has 0 bridgehead atoms. The van der Waals surface area contributed by atoms with Crippen LogP contribution in [0.1, 0.15) is 39.4 Å². The van der Waals surface area contributed by atoms with E-state index in [4.69, 9.17) is 8.83 Å². The number of piperazine rings is 1. The first-order chi connectivity index (χ1) is 15.6. The van der Waals surface area contributed by atoms with Crippen LogP contribution in [0.2, 0.25) is 0 Å². The molecule has 8 nitrogen and oxygen atoms in total. The molecule has 0 aromatic carbocycles. The molecule has 2 aliphatic heterocycles. The van der Waals surface area contributed by atoms with Crippen LogP contribution in [0.5, 0.6) is 0 Å². The predicted molar refractivity (Wildman–Crippen MR) is 120 cm³/mol. The van der Waals surface area contributed by atoms with Crippen LogP contribution in [-0.4, -0.2) is 65.1 Å². The number of nitrogens with zero attached hydrogens (tertiary/aromatic N) is 4. The Hall–Kier alpha value is -3.17. The molecule has 5 heterocycles. The summed E-state index contributed by atoms with van der Waals surface area (Å²) in [5.74, 6) is 1.64. The second kappa shape index (κ2) is 8.76. The van der Waals surface area contributed by atoms with E-state index >= 15 is 0 Å². The van der Waals surface area contributed by atoms with Crippen LogP contribution in [-0.2, 0) is 4.79 Å². The molecule has 2 aliphatic rings. The van der Waals surface area contributed by atoms with Gasteiger partial charge in [0.25, 0.3) is 11.8 Å². The largest absolute Gasteiger partial charge is 0.467 e. The number of thiophene rings is 1.